The fourth-order valence-corrected chi connectivity index (χ4v) is 1.95. The summed E-state index contributed by atoms with van der Waals surface area (Å²) in [7, 11) is 0. The van der Waals surface area contributed by atoms with Gasteiger partial charge in [-0.05, 0) is 26.0 Å². The number of halogens is 1. The Hall–Kier alpha value is -1.24. The van der Waals surface area contributed by atoms with Gasteiger partial charge >= 0.3 is 0 Å². The van der Waals surface area contributed by atoms with Gasteiger partial charge < -0.3 is 19.5 Å². The molecule has 0 radical (unpaired) electrons. The van der Waals surface area contributed by atoms with Crippen molar-refractivity contribution in [1.82, 2.24) is 4.98 Å². The standard InChI is InChI=1S/C13H19FN2O3/c1-3-18-13(19-4-2)11-6-5-10(14)12(15-11)16-7-9(17)8-16/h5-6,9,13,17H,3-4,7-8H2,1-2H3. The molecule has 1 aromatic rings. The van der Waals surface area contributed by atoms with Crippen molar-refractivity contribution in [1.29, 1.82) is 0 Å². The summed E-state index contributed by atoms with van der Waals surface area (Å²) in [4.78, 5) is 5.95. The Kier molecular flexibility index (Phi) is 4.68. The van der Waals surface area contributed by atoms with Gasteiger partial charge in [0.05, 0.1) is 11.8 Å². The lowest BCUT2D eigenvalue weighted by Gasteiger charge is -2.37. The first kappa shape index (κ1) is 14.2. The van der Waals surface area contributed by atoms with Crippen LogP contribution in [0.1, 0.15) is 25.8 Å². The minimum absolute atomic E-state index is 0.243. The molecule has 1 aromatic heterocycles. The van der Waals surface area contributed by atoms with Gasteiger partial charge in [0.2, 0.25) is 6.29 Å². The molecular weight excluding hydrogens is 251 g/mol. The van der Waals surface area contributed by atoms with Crippen LogP contribution in [-0.4, -0.2) is 42.5 Å². The number of hydrogen-bond acceptors (Lipinski definition) is 5. The van der Waals surface area contributed by atoms with E-state index in [1.165, 1.54) is 6.07 Å². The number of hydrogen-bond donors (Lipinski definition) is 1. The summed E-state index contributed by atoms with van der Waals surface area (Å²) in [5, 5.41) is 9.28. The molecule has 0 unspecified atom stereocenters. The highest BCUT2D eigenvalue weighted by Gasteiger charge is 2.28. The second kappa shape index (κ2) is 6.27. The van der Waals surface area contributed by atoms with Crippen LogP contribution >= 0.6 is 0 Å². The van der Waals surface area contributed by atoms with Crippen molar-refractivity contribution in [2.75, 3.05) is 31.2 Å². The number of rotatable bonds is 6. The number of ether oxygens (including phenoxy) is 2. The van der Waals surface area contributed by atoms with E-state index >= 15 is 0 Å². The quantitative estimate of drug-likeness (QED) is 0.793. The van der Waals surface area contributed by atoms with E-state index in [9.17, 15) is 9.50 Å². The molecule has 0 saturated carbocycles. The van der Waals surface area contributed by atoms with Crippen molar-refractivity contribution in [2.45, 2.75) is 26.2 Å². The molecule has 2 heterocycles. The Morgan fingerprint density at radius 3 is 2.53 bits per heavy atom. The molecule has 6 heteroatoms. The minimum Gasteiger partial charge on any atom is -0.389 e. The van der Waals surface area contributed by atoms with Crippen LogP contribution in [0.25, 0.3) is 0 Å². The average molecular weight is 270 g/mol. The van der Waals surface area contributed by atoms with E-state index < -0.39 is 18.2 Å². The molecule has 0 atom stereocenters. The number of aliphatic hydroxyl groups excluding tert-OH is 1. The van der Waals surface area contributed by atoms with Crippen molar-refractivity contribution >= 4 is 5.82 Å². The van der Waals surface area contributed by atoms with E-state index in [0.717, 1.165) is 0 Å². The van der Waals surface area contributed by atoms with Crippen LogP contribution in [0.15, 0.2) is 12.1 Å². The van der Waals surface area contributed by atoms with Gasteiger partial charge in [0.25, 0.3) is 0 Å². The minimum atomic E-state index is -0.583. The fourth-order valence-electron chi connectivity index (χ4n) is 1.95. The van der Waals surface area contributed by atoms with Crippen molar-refractivity contribution in [3.63, 3.8) is 0 Å². The second-order valence-corrected chi connectivity index (χ2v) is 4.34. The second-order valence-electron chi connectivity index (χ2n) is 4.34. The number of nitrogens with zero attached hydrogens (tertiary/aromatic N) is 2. The molecule has 0 spiro atoms. The Morgan fingerprint density at radius 2 is 2.00 bits per heavy atom. The van der Waals surface area contributed by atoms with E-state index in [1.807, 2.05) is 13.8 Å². The molecule has 1 fully saturated rings. The molecule has 1 aliphatic heterocycles. The highest BCUT2D eigenvalue weighted by Crippen LogP contribution is 2.25. The lowest BCUT2D eigenvalue weighted by Crippen LogP contribution is -2.51. The van der Waals surface area contributed by atoms with Crippen LogP contribution in [0.3, 0.4) is 0 Å². The molecule has 0 aromatic carbocycles. The maximum atomic E-state index is 13.7. The van der Waals surface area contributed by atoms with E-state index in [0.29, 0.717) is 32.0 Å². The number of aliphatic hydroxyl groups is 1. The van der Waals surface area contributed by atoms with Gasteiger partial charge in [0.1, 0.15) is 0 Å². The highest BCUT2D eigenvalue weighted by molar-refractivity contribution is 5.44. The van der Waals surface area contributed by atoms with Crippen LogP contribution in [-0.2, 0) is 9.47 Å². The average Bonchev–Trinajstić information content (AvgIpc) is 2.36. The van der Waals surface area contributed by atoms with Crippen LogP contribution in [0.4, 0.5) is 10.2 Å². The third-order valence-corrected chi connectivity index (χ3v) is 2.89. The first-order chi connectivity index (χ1) is 9.15. The van der Waals surface area contributed by atoms with Crippen LogP contribution in [0.5, 0.6) is 0 Å². The summed E-state index contributed by atoms with van der Waals surface area (Å²) in [6, 6.07) is 2.92. The first-order valence-corrected chi connectivity index (χ1v) is 6.48. The Morgan fingerprint density at radius 1 is 1.37 bits per heavy atom. The molecule has 1 N–H and O–H groups in total. The van der Waals surface area contributed by atoms with E-state index in [-0.39, 0.29) is 5.82 Å². The van der Waals surface area contributed by atoms with Gasteiger partial charge in [0, 0.05) is 26.3 Å². The lowest BCUT2D eigenvalue weighted by molar-refractivity contribution is -0.142. The third-order valence-electron chi connectivity index (χ3n) is 2.89. The molecule has 0 aliphatic carbocycles. The Balaban J connectivity index is 2.18. The number of aromatic nitrogens is 1. The molecule has 5 nitrogen and oxygen atoms in total. The van der Waals surface area contributed by atoms with Crippen LogP contribution in [0, 0.1) is 5.82 Å². The van der Waals surface area contributed by atoms with Gasteiger partial charge in [0.15, 0.2) is 11.6 Å². The molecule has 0 bridgehead atoms. The zero-order valence-corrected chi connectivity index (χ0v) is 11.2. The normalized spacial score (nSPS) is 15.9. The Bertz CT molecular complexity index is 418. The van der Waals surface area contributed by atoms with Gasteiger partial charge in [-0.25, -0.2) is 9.37 Å². The predicted molar refractivity (Wildman–Crippen MR) is 68.4 cm³/mol. The third kappa shape index (κ3) is 3.20. The number of pyridine rings is 1. The fraction of sp³-hybridized carbons (Fsp3) is 0.615. The summed E-state index contributed by atoms with van der Waals surface area (Å²) in [6.45, 7) is 5.51. The molecule has 2 rings (SSSR count). The molecule has 1 saturated heterocycles. The van der Waals surface area contributed by atoms with Gasteiger partial charge in [-0.15, -0.1) is 0 Å². The predicted octanol–water partition coefficient (Wildman–Crippen LogP) is 1.47. The maximum Gasteiger partial charge on any atom is 0.201 e. The number of anilines is 1. The summed E-state index contributed by atoms with van der Waals surface area (Å²) in [6.07, 6.45) is -0.986. The van der Waals surface area contributed by atoms with Gasteiger partial charge in [-0.3, -0.25) is 0 Å². The molecule has 0 amide bonds. The van der Waals surface area contributed by atoms with Crippen molar-refractivity contribution in [3.8, 4) is 0 Å². The zero-order valence-electron chi connectivity index (χ0n) is 11.2. The monoisotopic (exact) mass is 270 g/mol. The molecular formula is C13H19FN2O3. The molecule has 19 heavy (non-hydrogen) atoms. The Labute approximate surface area is 112 Å². The highest BCUT2D eigenvalue weighted by atomic mass is 19.1. The zero-order chi connectivity index (χ0) is 13.8. The molecule has 106 valence electrons. The molecule has 1 aliphatic rings. The lowest BCUT2D eigenvalue weighted by atomic mass is 10.1. The van der Waals surface area contributed by atoms with E-state index in [1.54, 1.807) is 11.0 Å². The summed E-state index contributed by atoms with van der Waals surface area (Å²) in [5.74, 6) is -0.158. The smallest absolute Gasteiger partial charge is 0.201 e. The number of β-amino-alcohol motifs (C(OH)–C–C–N with tert-alkyl or cyclic N) is 1. The van der Waals surface area contributed by atoms with Crippen molar-refractivity contribution in [3.05, 3.63) is 23.6 Å². The largest absolute Gasteiger partial charge is 0.389 e. The summed E-state index contributed by atoms with van der Waals surface area (Å²) in [5.41, 5.74) is 0.543. The van der Waals surface area contributed by atoms with Crippen molar-refractivity contribution in [2.24, 2.45) is 0 Å². The maximum absolute atomic E-state index is 13.7. The topological polar surface area (TPSA) is 54.8 Å². The van der Waals surface area contributed by atoms with Crippen molar-refractivity contribution < 1.29 is 19.0 Å². The SMILES string of the molecule is CCOC(OCC)c1ccc(F)c(N2CC(O)C2)n1. The summed E-state index contributed by atoms with van der Waals surface area (Å²) < 4.78 is 24.6. The van der Waals surface area contributed by atoms with E-state index in [2.05, 4.69) is 4.98 Å². The van der Waals surface area contributed by atoms with Crippen LogP contribution in [0.2, 0.25) is 0 Å². The summed E-state index contributed by atoms with van der Waals surface area (Å²) >= 11 is 0. The van der Waals surface area contributed by atoms with Gasteiger partial charge in [-0.1, -0.05) is 0 Å². The van der Waals surface area contributed by atoms with Crippen LogP contribution < -0.4 is 4.90 Å². The van der Waals surface area contributed by atoms with Gasteiger partial charge in [-0.2, -0.15) is 0 Å². The first-order valence-electron chi connectivity index (χ1n) is 6.48. The van der Waals surface area contributed by atoms with E-state index in [4.69, 9.17) is 9.47 Å².